The summed E-state index contributed by atoms with van der Waals surface area (Å²) < 4.78 is 26.8. The minimum absolute atomic E-state index is 0.159. The lowest BCUT2D eigenvalue weighted by molar-refractivity contribution is 0.112. The van der Waals surface area contributed by atoms with Gasteiger partial charge in [-0.05, 0) is 25.0 Å². The number of carboxylic acid groups (broad SMARTS) is 1. The first-order valence-electron chi connectivity index (χ1n) is 8.71. The van der Waals surface area contributed by atoms with E-state index in [1.165, 1.54) is 15.6 Å². The van der Waals surface area contributed by atoms with Crippen LogP contribution in [-0.2, 0) is 10.0 Å². The number of amides is 1. The second-order valence-corrected chi connectivity index (χ2v) is 8.54. The van der Waals surface area contributed by atoms with E-state index in [2.05, 4.69) is 14.8 Å². The topological polar surface area (TPSA) is 134 Å². The summed E-state index contributed by atoms with van der Waals surface area (Å²) in [5.74, 6) is 0.273. The Bertz CT molecular complexity index is 1230. The van der Waals surface area contributed by atoms with Gasteiger partial charge in [0.15, 0.2) is 11.9 Å². The molecule has 1 aromatic carbocycles. The van der Waals surface area contributed by atoms with Crippen LogP contribution in [0.25, 0.3) is 16.9 Å². The molecule has 11 heteroatoms. The van der Waals surface area contributed by atoms with Crippen molar-refractivity contribution in [1.29, 1.82) is 0 Å². The third-order valence-electron chi connectivity index (χ3n) is 4.43. The maximum atomic E-state index is 11.9. The highest BCUT2D eigenvalue weighted by atomic mass is 32.2. The highest BCUT2D eigenvalue weighted by Gasteiger charge is 2.36. The second-order valence-electron chi connectivity index (χ2n) is 6.79. The Labute approximate surface area is 165 Å². The van der Waals surface area contributed by atoms with Crippen molar-refractivity contribution in [2.45, 2.75) is 18.9 Å². The Kier molecular flexibility index (Phi) is 4.46. The fourth-order valence-corrected chi connectivity index (χ4v) is 3.65. The molecule has 0 unspecified atom stereocenters. The number of rotatable bonds is 6. The summed E-state index contributed by atoms with van der Waals surface area (Å²) in [5, 5.41) is 13.8. The van der Waals surface area contributed by atoms with Crippen LogP contribution in [0.2, 0.25) is 0 Å². The Balaban J connectivity index is 1.90. The normalized spacial score (nSPS) is 14.0. The number of carbonyl (C=O) groups excluding carboxylic acids is 1. The number of nitrogens with zero attached hydrogens (tertiary/aromatic N) is 4. The lowest BCUT2D eigenvalue weighted by Crippen LogP contribution is -2.33. The van der Waals surface area contributed by atoms with Gasteiger partial charge in [-0.15, -0.1) is 0 Å². The average Bonchev–Trinajstić information content (AvgIpc) is 3.38. The number of aldehydes is 1. The predicted octanol–water partition coefficient (Wildman–Crippen LogP) is 2.23. The lowest BCUT2D eigenvalue weighted by Gasteiger charge is -2.20. The lowest BCUT2D eigenvalue weighted by atomic mass is 10.1. The standard InChI is InChI=1S/C18H17N5O5S/c1-29(27,28)21-13-4-2-3-11(7-13)15-8-16(22(18(25)26)14-5-6-14)23-17(20-15)12(10-24)9-19-23/h2-4,7-10,14,21H,5-6H2,1H3,(H,25,26). The number of anilines is 2. The molecule has 2 aromatic heterocycles. The first-order valence-corrected chi connectivity index (χ1v) is 10.6. The van der Waals surface area contributed by atoms with Crippen LogP contribution in [0.3, 0.4) is 0 Å². The van der Waals surface area contributed by atoms with Crippen molar-refractivity contribution in [2.24, 2.45) is 0 Å². The van der Waals surface area contributed by atoms with Crippen molar-refractivity contribution in [3.8, 4) is 11.3 Å². The monoisotopic (exact) mass is 415 g/mol. The molecule has 150 valence electrons. The van der Waals surface area contributed by atoms with Crippen molar-refractivity contribution >= 4 is 39.6 Å². The number of sulfonamides is 1. The van der Waals surface area contributed by atoms with Gasteiger partial charge in [0.05, 0.1) is 23.7 Å². The minimum Gasteiger partial charge on any atom is -0.465 e. The molecule has 1 saturated carbocycles. The first-order chi connectivity index (χ1) is 13.8. The molecule has 0 bridgehead atoms. The fourth-order valence-electron chi connectivity index (χ4n) is 3.10. The minimum atomic E-state index is -3.47. The SMILES string of the molecule is CS(=O)(=O)Nc1cccc(-c2cc(N(C(=O)O)C3CC3)n3ncc(C=O)c3n2)c1. The van der Waals surface area contributed by atoms with E-state index in [0.29, 0.717) is 23.2 Å². The molecule has 1 aliphatic carbocycles. The third kappa shape index (κ3) is 3.76. The molecular weight excluding hydrogens is 398 g/mol. The Morgan fingerprint density at radius 1 is 1.34 bits per heavy atom. The molecule has 0 atom stereocenters. The quantitative estimate of drug-likeness (QED) is 0.590. The molecule has 1 amide bonds. The van der Waals surface area contributed by atoms with Gasteiger partial charge in [0.25, 0.3) is 0 Å². The summed E-state index contributed by atoms with van der Waals surface area (Å²) in [6.07, 6.45) is 3.33. The summed E-state index contributed by atoms with van der Waals surface area (Å²) in [6, 6.07) is 7.96. The fraction of sp³-hybridized carbons (Fsp3) is 0.222. The van der Waals surface area contributed by atoms with Gasteiger partial charge in [0.2, 0.25) is 10.0 Å². The Morgan fingerprint density at radius 3 is 2.72 bits per heavy atom. The molecule has 2 heterocycles. The molecule has 29 heavy (non-hydrogen) atoms. The van der Waals surface area contributed by atoms with Gasteiger partial charge >= 0.3 is 6.09 Å². The number of aromatic nitrogens is 3. The van der Waals surface area contributed by atoms with Crippen molar-refractivity contribution in [3.63, 3.8) is 0 Å². The molecule has 4 rings (SSSR count). The molecule has 0 radical (unpaired) electrons. The van der Waals surface area contributed by atoms with Crippen molar-refractivity contribution < 1.29 is 23.1 Å². The van der Waals surface area contributed by atoms with Gasteiger partial charge in [0, 0.05) is 23.4 Å². The number of benzene rings is 1. The molecule has 0 spiro atoms. The van der Waals surface area contributed by atoms with Crippen LogP contribution in [0.4, 0.5) is 16.3 Å². The maximum absolute atomic E-state index is 11.9. The number of nitrogens with one attached hydrogen (secondary N) is 1. The van der Waals surface area contributed by atoms with Gasteiger partial charge in [-0.1, -0.05) is 12.1 Å². The van der Waals surface area contributed by atoms with Gasteiger partial charge in [-0.25, -0.2) is 18.2 Å². The van der Waals surface area contributed by atoms with Crippen LogP contribution < -0.4 is 9.62 Å². The van der Waals surface area contributed by atoms with Crippen molar-refractivity contribution in [3.05, 3.63) is 42.1 Å². The van der Waals surface area contributed by atoms with Crippen LogP contribution in [0, 0.1) is 0 Å². The zero-order valence-corrected chi connectivity index (χ0v) is 16.1. The van der Waals surface area contributed by atoms with Gasteiger partial charge in [-0.3, -0.25) is 14.4 Å². The van der Waals surface area contributed by atoms with Crippen LogP contribution in [0.15, 0.2) is 36.5 Å². The molecule has 1 fully saturated rings. The highest BCUT2D eigenvalue weighted by molar-refractivity contribution is 7.92. The van der Waals surface area contributed by atoms with Crippen molar-refractivity contribution in [2.75, 3.05) is 15.9 Å². The molecule has 0 saturated heterocycles. The zero-order chi connectivity index (χ0) is 20.8. The summed E-state index contributed by atoms with van der Waals surface area (Å²) in [5.41, 5.74) is 1.73. The van der Waals surface area contributed by atoms with Gasteiger partial charge in [0.1, 0.15) is 5.82 Å². The molecular formula is C18H17N5O5S. The summed E-state index contributed by atoms with van der Waals surface area (Å²) in [6.45, 7) is 0. The van der Waals surface area contributed by atoms with E-state index in [0.717, 1.165) is 19.1 Å². The van der Waals surface area contributed by atoms with E-state index in [-0.39, 0.29) is 23.1 Å². The zero-order valence-electron chi connectivity index (χ0n) is 15.3. The molecule has 1 aliphatic rings. The van der Waals surface area contributed by atoms with Crippen molar-refractivity contribution in [1.82, 2.24) is 14.6 Å². The summed E-state index contributed by atoms with van der Waals surface area (Å²) >= 11 is 0. The van der Waals surface area contributed by atoms with E-state index in [9.17, 15) is 23.1 Å². The first kappa shape index (κ1) is 18.9. The molecule has 10 nitrogen and oxygen atoms in total. The molecule has 0 aliphatic heterocycles. The van der Waals surface area contributed by atoms with Crippen LogP contribution in [0.1, 0.15) is 23.2 Å². The Hall–Kier alpha value is -3.47. The van der Waals surface area contributed by atoms with Crippen LogP contribution in [0.5, 0.6) is 0 Å². The number of fused-ring (bicyclic) bond motifs is 1. The van der Waals surface area contributed by atoms with Crippen LogP contribution in [-0.4, -0.2) is 52.8 Å². The number of carbonyl (C=O) groups is 2. The predicted molar refractivity (Wildman–Crippen MR) is 106 cm³/mol. The third-order valence-corrected chi connectivity index (χ3v) is 5.04. The molecule has 2 N–H and O–H groups in total. The van der Waals surface area contributed by atoms with E-state index < -0.39 is 16.1 Å². The van der Waals surface area contributed by atoms with E-state index in [1.54, 1.807) is 30.3 Å². The smallest absolute Gasteiger partial charge is 0.413 e. The van der Waals surface area contributed by atoms with E-state index in [1.807, 2.05) is 0 Å². The number of hydrogen-bond acceptors (Lipinski definition) is 6. The maximum Gasteiger partial charge on any atom is 0.413 e. The number of hydrogen-bond donors (Lipinski definition) is 2. The molecule has 3 aromatic rings. The second kappa shape index (κ2) is 6.85. The van der Waals surface area contributed by atoms with Gasteiger partial charge < -0.3 is 5.11 Å². The van der Waals surface area contributed by atoms with E-state index in [4.69, 9.17) is 0 Å². The van der Waals surface area contributed by atoms with E-state index >= 15 is 0 Å². The average molecular weight is 415 g/mol. The highest BCUT2D eigenvalue weighted by Crippen LogP contribution is 2.34. The largest absolute Gasteiger partial charge is 0.465 e. The summed E-state index contributed by atoms with van der Waals surface area (Å²) in [4.78, 5) is 29.0. The van der Waals surface area contributed by atoms with Crippen LogP contribution >= 0.6 is 0 Å². The summed E-state index contributed by atoms with van der Waals surface area (Å²) in [7, 11) is -3.47. The van der Waals surface area contributed by atoms with Gasteiger partial charge in [-0.2, -0.15) is 9.61 Å². The Morgan fingerprint density at radius 2 is 2.10 bits per heavy atom.